The van der Waals surface area contributed by atoms with Crippen LogP contribution in [0, 0.1) is 5.82 Å². The molecule has 124 valence electrons. The molecule has 0 aliphatic carbocycles. The van der Waals surface area contributed by atoms with E-state index in [-0.39, 0.29) is 5.82 Å². The number of benzene rings is 2. The lowest BCUT2D eigenvalue weighted by molar-refractivity contribution is 0.262. The van der Waals surface area contributed by atoms with Crippen LogP contribution < -0.4 is 10.6 Å². The smallest absolute Gasteiger partial charge is 0.308 e. The third-order valence-electron chi connectivity index (χ3n) is 3.65. The summed E-state index contributed by atoms with van der Waals surface area (Å²) in [5.74, 6) is -0.351. The maximum atomic E-state index is 12.9. The normalized spacial score (nSPS) is 10.8. The van der Waals surface area contributed by atoms with E-state index in [1.54, 1.807) is 11.3 Å². The van der Waals surface area contributed by atoms with E-state index in [1.807, 2.05) is 46.4 Å². The van der Waals surface area contributed by atoms with Crippen molar-refractivity contribution < 1.29 is 9.18 Å². The summed E-state index contributed by atoms with van der Waals surface area (Å²) in [6, 6.07) is 12.6. The Labute approximate surface area is 146 Å². The van der Waals surface area contributed by atoms with Crippen molar-refractivity contribution >= 4 is 33.7 Å². The molecule has 0 saturated carbocycles. The minimum Gasteiger partial charge on any atom is -0.308 e. The molecule has 0 radical (unpaired) electrons. The molecule has 2 aromatic heterocycles. The first-order chi connectivity index (χ1) is 12.2. The molecule has 2 heterocycles. The second-order valence-electron chi connectivity index (χ2n) is 5.35. The predicted molar refractivity (Wildman–Crippen MR) is 97.5 cm³/mol. The Morgan fingerprint density at radius 2 is 1.88 bits per heavy atom. The zero-order valence-corrected chi connectivity index (χ0v) is 13.8. The molecule has 7 heteroatoms. The summed E-state index contributed by atoms with van der Waals surface area (Å²) in [6.45, 7) is 0. The standard InChI is InChI=1S/C18H13FN4OS/c19-12-5-7-13(8-6-12)20-17(24)21-15-4-2-1-3-14(15)16-11-23-9-10-25-18(23)22-16/h1-11H,(H2,20,21,24). The van der Waals surface area contributed by atoms with Gasteiger partial charge >= 0.3 is 6.03 Å². The molecule has 0 bridgehead atoms. The number of amides is 2. The fourth-order valence-electron chi connectivity index (χ4n) is 2.49. The van der Waals surface area contributed by atoms with Gasteiger partial charge in [0.2, 0.25) is 0 Å². The molecular formula is C18H13FN4OS. The van der Waals surface area contributed by atoms with E-state index in [9.17, 15) is 9.18 Å². The molecule has 0 unspecified atom stereocenters. The van der Waals surface area contributed by atoms with Crippen molar-refractivity contribution in [1.82, 2.24) is 9.38 Å². The number of nitrogens with zero attached hydrogens (tertiary/aromatic N) is 2. The number of hydrogen-bond acceptors (Lipinski definition) is 3. The second-order valence-corrected chi connectivity index (χ2v) is 6.22. The largest absolute Gasteiger partial charge is 0.323 e. The minimum absolute atomic E-state index is 0.351. The number of halogens is 1. The van der Waals surface area contributed by atoms with Gasteiger partial charge in [0.25, 0.3) is 0 Å². The fraction of sp³-hybridized carbons (Fsp3) is 0. The van der Waals surface area contributed by atoms with Gasteiger partial charge in [0.1, 0.15) is 5.82 Å². The van der Waals surface area contributed by atoms with Gasteiger partial charge in [-0.15, -0.1) is 11.3 Å². The number of carbonyl (C=O) groups excluding carboxylic acids is 1. The third-order valence-corrected chi connectivity index (χ3v) is 4.42. The molecule has 4 rings (SSSR count). The van der Waals surface area contributed by atoms with Crippen molar-refractivity contribution in [3.05, 3.63) is 72.1 Å². The zero-order chi connectivity index (χ0) is 17.2. The van der Waals surface area contributed by atoms with E-state index in [0.717, 1.165) is 16.2 Å². The van der Waals surface area contributed by atoms with E-state index in [0.29, 0.717) is 11.4 Å². The number of imidazole rings is 1. The summed E-state index contributed by atoms with van der Waals surface area (Å²) in [5.41, 5.74) is 2.77. The number of urea groups is 1. The Morgan fingerprint density at radius 3 is 2.68 bits per heavy atom. The van der Waals surface area contributed by atoms with Crippen molar-refractivity contribution in [2.24, 2.45) is 0 Å². The number of hydrogen-bond donors (Lipinski definition) is 2. The summed E-state index contributed by atoms with van der Waals surface area (Å²) >= 11 is 1.55. The highest BCUT2D eigenvalue weighted by molar-refractivity contribution is 7.15. The van der Waals surface area contributed by atoms with Gasteiger partial charge in [-0.3, -0.25) is 4.40 Å². The molecule has 0 aliphatic heterocycles. The molecule has 2 amide bonds. The lowest BCUT2D eigenvalue weighted by Crippen LogP contribution is -2.19. The minimum atomic E-state index is -0.403. The van der Waals surface area contributed by atoms with Crippen LogP contribution >= 0.6 is 11.3 Å². The van der Waals surface area contributed by atoms with Gasteiger partial charge in [0, 0.05) is 29.0 Å². The number of nitrogens with one attached hydrogen (secondary N) is 2. The fourth-order valence-corrected chi connectivity index (χ4v) is 3.19. The van der Waals surface area contributed by atoms with Gasteiger partial charge in [-0.2, -0.15) is 0 Å². The topological polar surface area (TPSA) is 58.4 Å². The predicted octanol–water partition coefficient (Wildman–Crippen LogP) is 4.85. The summed E-state index contributed by atoms with van der Waals surface area (Å²) in [6.07, 6.45) is 3.86. The molecule has 4 aromatic rings. The van der Waals surface area contributed by atoms with Crippen LogP contribution in [-0.2, 0) is 0 Å². The van der Waals surface area contributed by atoms with E-state index >= 15 is 0 Å². The average Bonchev–Trinajstić information content (AvgIpc) is 3.19. The van der Waals surface area contributed by atoms with Crippen LogP contribution in [-0.4, -0.2) is 15.4 Å². The van der Waals surface area contributed by atoms with Crippen molar-refractivity contribution in [2.45, 2.75) is 0 Å². The van der Waals surface area contributed by atoms with Crippen LogP contribution in [0.15, 0.2) is 66.3 Å². The highest BCUT2D eigenvalue weighted by atomic mass is 32.1. The Balaban J connectivity index is 1.57. The molecular weight excluding hydrogens is 339 g/mol. The highest BCUT2D eigenvalue weighted by Crippen LogP contribution is 2.28. The van der Waals surface area contributed by atoms with E-state index in [2.05, 4.69) is 15.6 Å². The number of para-hydroxylation sites is 1. The highest BCUT2D eigenvalue weighted by Gasteiger charge is 2.12. The van der Waals surface area contributed by atoms with Gasteiger partial charge in [-0.05, 0) is 30.3 Å². The van der Waals surface area contributed by atoms with E-state index in [1.165, 1.54) is 24.3 Å². The second kappa shape index (κ2) is 6.37. The van der Waals surface area contributed by atoms with Gasteiger partial charge in [0.15, 0.2) is 4.96 Å². The molecule has 0 fully saturated rings. The van der Waals surface area contributed by atoms with Gasteiger partial charge < -0.3 is 10.6 Å². The van der Waals surface area contributed by atoms with Crippen molar-refractivity contribution in [3.63, 3.8) is 0 Å². The number of carbonyl (C=O) groups is 1. The number of thiazole rings is 1. The molecule has 0 saturated heterocycles. The van der Waals surface area contributed by atoms with Gasteiger partial charge in [-0.1, -0.05) is 18.2 Å². The molecule has 2 N–H and O–H groups in total. The van der Waals surface area contributed by atoms with Crippen molar-refractivity contribution in [3.8, 4) is 11.3 Å². The Bertz CT molecular complexity index is 1010. The van der Waals surface area contributed by atoms with Crippen LogP contribution in [0.5, 0.6) is 0 Å². The lowest BCUT2D eigenvalue weighted by atomic mass is 10.1. The molecule has 2 aromatic carbocycles. The molecule has 0 aliphatic rings. The van der Waals surface area contributed by atoms with Crippen LogP contribution in [0.3, 0.4) is 0 Å². The number of fused-ring (bicyclic) bond motifs is 1. The van der Waals surface area contributed by atoms with Gasteiger partial charge in [-0.25, -0.2) is 14.2 Å². The first kappa shape index (κ1) is 15.3. The Hall–Kier alpha value is -3.19. The third kappa shape index (κ3) is 3.22. The van der Waals surface area contributed by atoms with E-state index < -0.39 is 6.03 Å². The van der Waals surface area contributed by atoms with Crippen molar-refractivity contribution in [1.29, 1.82) is 0 Å². The SMILES string of the molecule is O=C(Nc1ccc(F)cc1)Nc1ccccc1-c1cn2ccsc2n1. The molecule has 25 heavy (non-hydrogen) atoms. The Morgan fingerprint density at radius 1 is 1.08 bits per heavy atom. The lowest BCUT2D eigenvalue weighted by Gasteiger charge is -2.10. The van der Waals surface area contributed by atoms with Crippen LogP contribution in [0.4, 0.5) is 20.6 Å². The maximum absolute atomic E-state index is 12.9. The summed E-state index contributed by atoms with van der Waals surface area (Å²) in [7, 11) is 0. The average molecular weight is 352 g/mol. The number of anilines is 2. The first-order valence-electron chi connectivity index (χ1n) is 7.54. The Kier molecular flexibility index (Phi) is 3.91. The maximum Gasteiger partial charge on any atom is 0.323 e. The van der Waals surface area contributed by atoms with Gasteiger partial charge in [0.05, 0.1) is 11.4 Å². The first-order valence-corrected chi connectivity index (χ1v) is 8.42. The van der Waals surface area contributed by atoms with E-state index in [4.69, 9.17) is 0 Å². The summed E-state index contributed by atoms with van der Waals surface area (Å²) < 4.78 is 14.9. The molecule has 0 spiro atoms. The summed E-state index contributed by atoms with van der Waals surface area (Å²) in [4.78, 5) is 17.7. The quantitative estimate of drug-likeness (QED) is 0.554. The van der Waals surface area contributed by atoms with Crippen LogP contribution in [0.25, 0.3) is 16.2 Å². The molecule has 5 nitrogen and oxygen atoms in total. The van der Waals surface area contributed by atoms with Crippen LogP contribution in [0.1, 0.15) is 0 Å². The van der Waals surface area contributed by atoms with Crippen molar-refractivity contribution in [2.75, 3.05) is 10.6 Å². The monoisotopic (exact) mass is 352 g/mol. The summed E-state index contributed by atoms with van der Waals surface area (Å²) in [5, 5.41) is 7.46. The molecule has 0 atom stereocenters. The number of rotatable bonds is 3. The number of aromatic nitrogens is 2. The zero-order valence-electron chi connectivity index (χ0n) is 12.9. The van der Waals surface area contributed by atoms with Crippen LogP contribution in [0.2, 0.25) is 0 Å².